The van der Waals surface area contributed by atoms with Crippen LogP contribution in [0.4, 0.5) is 0 Å². The van der Waals surface area contributed by atoms with Gasteiger partial charge in [-0.05, 0) is 19.4 Å². The Morgan fingerprint density at radius 2 is 1.86 bits per heavy atom. The third-order valence-corrected chi connectivity index (χ3v) is 2.48. The van der Waals surface area contributed by atoms with Crippen LogP contribution in [0.25, 0.3) is 0 Å². The Morgan fingerprint density at radius 3 is 2.36 bits per heavy atom. The van der Waals surface area contributed by atoms with Crippen molar-refractivity contribution < 1.29 is 24.3 Å². The summed E-state index contributed by atoms with van der Waals surface area (Å²) in [6.07, 6.45) is 1.80. The van der Waals surface area contributed by atoms with E-state index in [2.05, 4.69) is 5.32 Å². The maximum atomic E-state index is 10.4. The zero-order valence-corrected chi connectivity index (χ0v) is 8.74. The van der Waals surface area contributed by atoms with Crippen molar-refractivity contribution in [3.8, 4) is 0 Å². The van der Waals surface area contributed by atoms with E-state index in [0.29, 0.717) is 19.4 Å². The topological polar surface area (TPSA) is 107 Å². The second-order valence-corrected chi connectivity index (χ2v) is 4.80. The molecule has 0 atom stereocenters. The van der Waals surface area contributed by atoms with Crippen LogP contribution in [0.1, 0.15) is 19.3 Å². The number of hydrogen-bond acceptors (Lipinski definition) is 3. The predicted molar refractivity (Wildman–Crippen MR) is 51.3 cm³/mol. The predicted octanol–water partition coefficient (Wildman–Crippen LogP) is 0.00860. The Kier molecular flexibility index (Phi) is 6.74. The minimum Gasteiger partial charge on any atom is -0.480 e. The Balaban J connectivity index is 3.15. The number of nitrogens with one attached hydrogen (secondary N) is 1. The summed E-state index contributed by atoms with van der Waals surface area (Å²) in [5, 5.41) is 10.9. The van der Waals surface area contributed by atoms with E-state index in [1.54, 1.807) is 0 Å². The number of hydrogen-bond donors (Lipinski definition) is 4. The molecule has 0 heterocycles. The number of carboxylic acid groups (broad SMARTS) is 1. The van der Waals surface area contributed by atoms with E-state index in [9.17, 15) is 9.36 Å². The molecular weight excluding hydrogens is 209 g/mol. The molecule has 0 rings (SSSR count). The molecule has 6 nitrogen and oxygen atoms in total. The van der Waals surface area contributed by atoms with Crippen molar-refractivity contribution in [3.63, 3.8) is 0 Å². The molecule has 0 spiro atoms. The molecule has 0 aromatic carbocycles. The molecule has 0 aromatic rings. The SMILES string of the molecule is O=C(O)CNCCCCCP(=O)(O)O. The minimum absolute atomic E-state index is 0.0709. The number of carboxylic acids is 1. The van der Waals surface area contributed by atoms with Crippen LogP contribution in [0.3, 0.4) is 0 Å². The lowest BCUT2D eigenvalue weighted by atomic mass is 10.2. The number of unbranched alkanes of at least 4 members (excludes halogenated alkanes) is 2. The molecule has 0 unspecified atom stereocenters. The molecular formula is C7H16NO5P. The monoisotopic (exact) mass is 225 g/mol. The number of rotatable bonds is 8. The largest absolute Gasteiger partial charge is 0.480 e. The fourth-order valence-electron chi connectivity index (χ4n) is 0.940. The molecule has 0 aliphatic rings. The first-order chi connectivity index (χ1) is 6.42. The Morgan fingerprint density at radius 1 is 1.21 bits per heavy atom. The van der Waals surface area contributed by atoms with Crippen LogP contribution in [0, 0.1) is 0 Å². The third kappa shape index (κ3) is 11.6. The molecule has 0 aliphatic heterocycles. The summed E-state index contributed by atoms with van der Waals surface area (Å²) in [6.45, 7) is 0.492. The summed E-state index contributed by atoms with van der Waals surface area (Å²) in [4.78, 5) is 27.1. The van der Waals surface area contributed by atoms with Gasteiger partial charge >= 0.3 is 13.6 Å². The zero-order valence-electron chi connectivity index (χ0n) is 7.85. The maximum absolute atomic E-state index is 10.4. The van der Waals surface area contributed by atoms with Crippen LogP contribution in [-0.2, 0) is 9.36 Å². The molecule has 7 heteroatoms. The van der Waals surface area contributed by atoms with Crippen LogP contribution in [0.5, 0.6) is 0 Å². The van der Waals surface area contributed by atoms with Crippen molar-refractivity contribution in [2.24, 2.45) is 0 Å². The van der Waals surface area contributed by atoms with Crippen LogP contribution < -0.4 is 5.32 Å². The Labute approximate surface area is 82.5 Å². The molecule has 0 amide bonds. The summed E-state index contributed by atoms with van der Waals surface area (Å²) in [7, 11) is -3.85. The quantitative estimate of drug-likeness (QED) is 0.342. The second kappa shape index (κ2) is 6.95. The van der Waals surface area contributed by atoms with Gasteiger partial charge in [-0.25, -0.2) is 0 Å². The highest BCUT2D eigenvalue weighted by atomic mass is 31.2. The molecule has 0 radical (unpaired) electrons. The van der Waals surface area contributed by atoms with E-state index in [1.807, 2.05) is 0 Å². The molecule has 0 saturated heterocycles. The van der Waals surface area contributed by atoms with Gasteiger partial charge in [-0.2, -0.15) is 0 Å². The Hall–Kier alpha value is -0.420. The minimum atomic E-state index is -3.85. The fraction of sp³-hybridized carbons (Fsp3) is 0.857. The molecule has 0 bridgehead atoms. The molecule has 4 N–H and O–H groups in total. The second-order valence-electron chi connectivity index (χ2n) is 3.02. The van der Waals surface area contributed by atoms with Crippen LogP contribution >= 0.6 is 7.60 Å². The molecule has 0 saturated carbocycles. The van der Waals surface area contributed by atoms with Crippen molar-refractivity contribution in [2.45, 2.75) is 19.3 Å². The number of aliphatic carboxylic acids is 1. The van der Waals surface area contributed by atoms with E-state index in [4.69, 9.17) is 14.9 Å². The van der Waals surface area contributed by atoms with E-state index in [0.717, 1.165) is 6.42 Å². The highest BCUT2D eigenvalue weighted by Gasteiger charge is 2.10. The van der Waals surface area contributed by atoms with E-state index in [1.165, 1.54) is 0 Å². The van der Waals surface area contributed by atoms with Crippen molar-refractivity contribution in [1.29, 1.82) is 0 Å². The van der Waals surface area contributed by atoms with Gasteiger partial charge in [-0.3, -0.25) is 9.36 Å². The van der Waals surface area contributed by atoms with Gasteiger partial charge in [0.2, 0.25) is 0 Å². The van der Waals surface area contributed by atoms with E-state index >= 15 is 0 Å². The molecule has 14 heavy (non-hydrogen) atoms. The first-order valence-electron chi connectivity index (χ1n) is 4.39. The van der Waals surface area contributed by atoms with Gasteiger partial charge in [0.25, 0.3) is 0 Å². The third-order valence-electron chi connectivity index (χ3n) is 1.58. The smallest absolute Gasteiger partial charge is 0.325 e. The average Bonchev–Trinajstić information content (AvgIpc) is 2.00. The zero-order chi connectivity index (χ0) is 11.0. The first kappa shape index (κ1) is 13.6. The molecule has 0 fully saturated rings. The van der Waals surface area contributed by atoms with Gasteiger partial charge in [-0.1, -0.05) is 6.42 Å². The van der Waals surface area contributed by atoms with Gasteiger partial charge in [-0.15, -0.1) is 0 Å². The lowest BCUT2D eigenvalue weighted by Crippen LogP contribution is -2.23. The lowest BCUT2D eigenvalue weighted by Gasteiger charge is -2.03. The average molecular weight is 225 g/mol. The molecule has 84 valence electrons. The van der Waals surface area contributed by atoms with Crippen molar-refractivity contribution in [1.82, 2.24) is 5.32 Å². The summed E-state index contributed by atoms with van der Waals surface area (Å²) in [5.74, 6) is -0.903. The van der Waals surface area contributed by atoms with Gasteiger partial charge in [0.15, 0.2) is 0 Å². The van der Waals surface area contributed by atoms with Crippen LogP contribution in [0.2, 0.25) is 0 Å². The summed E-state index contributed by atoms with van der Waals surface area (Å²) < 4.78 is 10.4. The molecule has 0 aromatic heterocycles. The van der Waals surface area contributed by atoms with Crippen LogP contribution in [0.15, 0.2) is 0 Å². The highest BCUT2D eigenvalue weighted by Crippen LogP contribution is 2.35. The van der Waals surface area contributed by atoms with Gasteiger partial charge < -0.3 is 20.2 Å². The van der Waals surface area contributed by atoms with Gasteiger partial charge in [0.1, 0.15) is 0 Å². The standard InChI is InChI=1S/C7H16NO5P/c9-7(10)6-8-4-2-1-3-5-14(11,12)13/h8H,1-6H2,(H,9,10)(H2,11,12,13). The van der Waals surface area contributed by atoms with Gasteiger partial charge in [0.05, 0.1) is 6.54 Å². The van der Waals surface area contributed by atoms with Crippen LogP contribution in [-0.4, -0.2) is 40.1 Å². The van der Waals surface area contributed by atoms with Crippen molar-refractivity contribution in [2.75, 3.05) is 19.3 Å². The van der Waals surface area contributed by atoms with E-state index < -0.39 is 13.6 Å². The summed E-state index contributed by atoms with van der Waals surface area (Å²) in [5.41, 5.74) is 0. The summed E-state index contributed by atoms with van der Waals surface area (Å²) >= 11 is 0. The Bertz CT molecular complexity index is 214. The summed E-state index contributed by atoms with van der Waals surface area (Å²) in [6, 6.07) is 0. The lowest BCUT2D eigenvalue weighted by molar-refractivity contribution is -0.135. The molecule has 0 aliphatic carbocycles. The van der Waals surface area contributed by atoms with Gasteiger partial charge in [0, 0.05) is 6.16 Å². The first-order valence-corrected chi connectivity index (χ1v) is 6.18. The maximum Gasteiger partial charge on any atom is 0.325 e. The highest BCUT2D eigenvalue weighted by molar-refractivity contribution is 7.51. The van der Waals surface area contributed by atoms with Crippen molar-refractivity contribution in [3.05, 3.63) is 0 Å². The van der Waals surface area contributed by atoms with E-state index in [-0.39, 0.29) is 12.7 Å². The number of carbonyl (C=O) groups is 1. The van der Waals surface area contributed by atoms with Crippen molar-refractivity contribution >= 4 is 13.6 Å². The fourth-order valence-corrected chi connectivity index (χ4v) is 1.58. The normalized spacial score (nSPS) is 11.6.